The molecular formula is C24H40N2O5Si. The molecule has 0 bridgehead atoms. The highest BCUT2D eigenvalue weighted by Crippen LogP contribution is 2.37. The maximum Gasteiger partial charge on any atom is 0.410 e. The van der Waals surface area contributed by atoms with E-state index >= 15 is 0 Å². The van der Waals surface area contributed by atoms with Gasteiger partial charge in [0.05, 0.1) is 12.1 Å². The highest BCUT2D eigenvalue weighted by Gasteiger charge is 2.39. The molecule has 0 aromatic heterocycles. The van der Waals surface area contributed by atoms with Crippen molar-refractivity contribution in [3.63, 3.8) is 0 Å². The van der Waals surface area contributed by atoms with E-state index in [0.29, 0.717) is 24.9 Å². The lowest BCUT2D eigenvalue weighted by Crippen LogP contribution is -2.50. The van der Waals surface area contributed by atoms with Crippen LogP contribution in [0.5, 0.6) is 5.75 Å². The van der Waals surface area contributed by atoms with Gasteiger partial charge in [-0.2, -0.15) is 0 Å². The molecule has 1 saturated heterocycles. The molecule has 0 saturated carbocycles. The van der Waals surface area contributed by atoms with Crippen LogP contribution >= 0.6 is 0 Å². The fourth-order valence-electron chi connectivity index (χ4n) is 3.15. The second-order valence-electron chi connectivity index (χ2n) is 11.1. The number of amides is 2. The van der Waals surface area contributed by atoms with Gasteiger partial charge in [-0.3, -0.25) is 4.79 Å². The largest absolute Gasteiger partial charge is 0.544 e. The summed E-state index contributed by atoms with van der Waals surface area (Å²) in [7, 11) is -1.96. The summed E-state index contributed by atoms with van der Waals surface area (Å²) < 4.78 is 11.7. The maximum absolute atomic E-state index is 12.8. The Bertz CT molecular complexity index is 796. The van der Waals surface area contributed by atoms with Crippen molar-refractivity contribution in [3.05, 3.63) is 29.8 Å². The lowest BCUT2D eigenvalue weighted by atomic mass is 10.1. The van der Waals surface area contributed by atoms with Gasteiger partial charge in [0, 0.05) is 18.7 Å². The molecule has 2 atom stereocenters. The predicted octanol–water partition coefficient (Wildman–Crippen LogP) is 4.56. The fraction of sp³-hybridized carbons (Fsp3) is 0.667. The normalized spacial score (nSPS) is 20.3. The molecule has 2 amide bonds. The van der Waals surface area contributed by atoms with E-state index in [1.807, 2.05) is 32.9 Å². The third-order valence-corrected chi connectivity index (χ3v) is 10.4. The molecule has 180 valence electrons. The van der Waals surface area contributed by atoms with E-state index in [9.17, 15) is 14.7 Å². The lowest BCUT2D eigenvalue weighted by molar-refractivity contribution is 0.0223. The van der Waals surface area contributed by atoms with Crippen molar-refractivity contribution in [2.75, 3.05) is 13.1 Å². The van der Waals surface area contributed by atoms with Gasteiger partial charge in [0.15, 0.2) is 0 Å². The second-order valence-corrected chi connectivity index (χ2v) is 15.8. The predicted molar refractivity (Wildman–Crippen MR) is 129 cm³/mol. The van der Waals surface area contributed by atoms with Crippen molar-refractivity contribution < 1.29 is 23.9 Å². The zero-order valence-electron chi connectivity index (χ0n) is 20.8. The standard InChI is InChI=1S/C24H40N2O5Si/c1-23(2,3)30-22(29)26-15-9-10-20(27)19(16-26)25-21(28)17-11-13-18(14-12-17)31-32(7,8)24(4,5)6/h11-14,19-20,27H,9-10,15-16H2,1-8H3,(H,25,28). The van der Waals surface area contributed by atoms with Crippen LogP contribution in [0.25, 0.3) is 0 Å². The number of ether oxygens (including phenoxy) is 1. The van der Waals surface area contributed by atoms with E-state index < -0.39 is 32.2 Å². The molecular weight excluding hydrogens is 424 g/mol. The molecule has 1 aromatic carbocycles. The first-order chi connectivity index (χ1) is 14.6. The zero-order chi connectivity index (χ0) is 24.3. The number of nitrogens with one attached hydrogen (secondary N) is 1. The summed E-state index contributed by atoms with van der Waals surface area (Å²) in [5.41, 5.74) is -0.123. The summed E-state index contributed by atoms with van der Waals surface area (Å²) in [6.45, 7) is 17.0. The first-order valence-corrected chi connectivity index (χ1v) is 14.3. The van der Waals surface area contributed by atoms with Crippen molar-refractivity contribution in [2.45, 2.75) is 90.3 Å². The van der Waals surface area contributed by atoms with Crippen LogP contribution in [-0.4, -0.2) is 61.2 Å². The number of hydrogen-bond donors (Lipinski definition) is 2. The fourth-order valence-corrected chi connectivity index (χ4v) is 4.18. The molecule has 1 fully saturated rings. The van der Waals surface area contributed by atoms with Crippen LogP contribution in [0.4, 0.5) is 4.79 Å². The molecule has 32 heavy (non-hydrogen) atoms. The van der Waals surface area contributed by atoms with E-state index in [2.05, 4.69) is 39.2 Å². The summed E-state index contributed by atoms with van der Waals surface area (Å²) in [5, 5.41) is 13.5. The van der Waals surface area contributed by atoms with Gasteiger partial charge < -0.3 is 24.5 Å². The third kappa shape index (κ3) is 7.23. The number of rotatable bonds is 4. The summed E-state index contributed by atoms with van der Waals surface area (Å²) in [6.07, 6.45) is -0.0129. The minimum atomic E-state index is -1.96. The molecule has 1 heterocycles. The van der Waals surface area contributed by atoms with Gasteiger partial charge in [-0.15, -0.1) is 0 Å². The number of aliphatic hydroxyl groups excluding tert-OH is 1. The SMILES string of the molecule is CC(C)(C)OC(=O)N1CCCC(O)C(NC(=O)c2ccc(O[Si](C)(C)C(C)(C)C)cc2)C1. The van der Waals surface area contributed by atoms with Crippen molar-refractivity contribution >= 4 is 20.3 Å². The van der Waals surface area contributed by atoms with E-state index in [0.717, 1.165) is 5.75 Å². The molecule has 8 heteroatoms. The van der Waals surface area contributed by atoms with Crippen LogP contribution in [-0.2, 0) is 4.74 Å². The number of nitrogens with zero attached hydrogens (tertiary/aromatic N) is 1. The maximum atomic E-state index is 12.8. The molecule has 0 spiro atoms. The Morgan fingerprint density at radius 2 is 1.69 bits per heavy atom. The molecule has 0 aliphatic carbocycles. The second kappa shape index (κ2) is 9.83. The topological polar surface area (TPSA) is 88.1 Å². The average Bonchev–Trinajstić information content (AvgIpc) is 2.81. The summed E-state index contributed by atoms with van der Waals surface area (Å²) in [6, 6.07) is 6.51. The first kappa shape index (κ1) is 26.2. The van der Waals surface area contributed by atoms with Crippen LogP contribution < -0.4 is 9.74 Å². The third-order valence-electron chi connectivity index (χ3n) is 6.07. The van der Waals surface area contributed by atoms with Crippen molar-refractivity contribution in [2.24, 2.45) is 0 Å². The zero-order valence-corrected chi connectivity index (χ0v) is 21.8. The molecule has 2 unspecified atom stereocenters. The van der Waals surface area contributed by atoms with Crippen molar-refractivity contribution in [1.82, 2.24) is 10.2 Å². The van der Waals surface area contributed by atoms with Crippen molar-refractivity contribution in [1.29, 1.82) is 0 Å². The highest BCUT2D eigenvalue weighted by atomic mass is 28.4. The molecule has 1 aromatic rings. The molecule has 0 radical (unpaired) electrons. The Hall–Kier alpha value is -2.06. The molecule has 2 N–H and O–H groups in total. The summed E-state index contributed by atoms with van der Waals surface area (Å²) in [4.78, 5) is 26.9. The van der Waals surface area contributed by atoms with E-state index in [1.165, 1.54) is 0 Å². The van der Waals surface area contributed by atoms with Crippen LogP contribution in [0.3, 0.4) is 0 Å². The minimum absolute atomic E-state index is 0.0820. The molecule has 7 nitrogen and oxygen atoms in total. The van der Waals surface area contributed by atoms with Gasteiger partial charge in [-0.1, -0.05) is 20.8 Å². The number of aliphatic hydroxyl groups is 1. The van der Waals surface area contributed by atoms with Crippen molar-refractivity contribution in [3.8, 4) is 5.75 Å². The number of benzene rings is 1. The van der Waals surface area contributed by atoms with Crippen LogP contribution in [0.1, 0.15) is 64.7 Å². The Balaban J connectivity index is 2.05. The number of hydrogen-bond acceptors (Lipinski definition) is 5. The Morgan fingerprint density at radius 3 is 2.22 bits per heavy atom. The average molecular weight is 465 g/mol. The van der Waals surface area contributed by atoms with E-state index in [-0.39, 0.29) is 17.5 Å². The van der Waals surface area contributed by atoms with Gasteiger partial charge in [0.25, 0.3) is 5.91 Å². The van der Waals surface area contributed by atoms with Gasteiger partial charge in [0.1, 0.15) is 11.4 Å². The van der Waals surface area contributed by atoms with Crippen LogP contribution in [0.2, 0.25) is 18.1 Å². The number of likely N-dealkylation sites (tertiary alicyclic amines) is 1. The smallest absolute Gasteiger partial charge is 0.410 e. The minimum Gasteiger partial charge on any atom is -0.544 e. The van der Waals surface area contributed by atoms with Gasteiger partial charge in [-0.05, 0) is 76.0 Å². The Morgan fingerprint density at radius 1 is 1.09 bits per heavy atom. The monoisotopic (exact) mass is 464 g/mol. The highest BCUT2D eigenvalue weighted by molar-refractivity contribution is 6.74. The summed E-state index contributed by atoms with van der Waals surface area (Å²) >= 11 is 0. The molecule has 1 aliphatic rings. The first-order valence-electron chi connectivity index (χ1n) is 11.3. The molecule has 1 aliphatic heterocycles. The Labute approximate surface area is 193 Å². The van der Waals surface area contributed by atoms with Gasteiger partial charge in [-0.25, -0.2) is 4.79 Å². The van der Waals surface area contributed by atoms with Gasteiger partial charge >= 0.3 is 6.09 Å². The van der Waals surface area contributed by atoms with E-state index in [4.69, 9.17) is 9.16 Å². The quantitative estimate of drug-likeness (QED) is 0.638. The number of carbonyl (C=O) groups is 2. The van der Waals surface area contributed by atoms with Gasteiger partial charge in [0.2, 0.25) is 8.32 Å². The lowest BCUT2D eigenvalue weighted by Gasteiger charge is -2.36. The number of carbonyl (C=O) groups excluding carboxylic acids is 2. The van der Waals surface area contributed by atoms with Crippen LogP contribution in [0, 0.1) is 0 Å². The molecule has 2 rings (SSSR count). The van der Waals surface area contributed by atoms with Crippen LogP contribution in [0.15, 0.2) is 24.3 Å². The van der Waals surface area contributed by atoms with E-state index in [1.54, 1.807) is 17.0 Å². The Kier molecular flexibility index (Phi) is 8.04. The summed E-state index contributed by atoms with van der Waals surface area (Å²) in [5.74, 6) is 0.456.